The first kappa shape index (κ1) is 19.2. The van der Waals surface area contributed by atoms with Gasteiger partial charge in [-0.05, 0) is 62.9 Å². The highest BCUT2D eigenvalue weighted by molar-refractivity contribution is 5.83. The molecule has 2 atom stereocenters. The lowest BCUT2D eigenvalue weighted by Gasteiger charge is -2.19. The molecule has 1 amide bonds. The van der Waals surface area contributed by atoms with E-state index in [-0.39, 0.29) is 23.3 Å². The molecule has 1 N–H and O–H groups in total. The number of nitrogens with zero attached hydrogens (tertiary/aromatic N) is 1. The number of alkyl halides is 3. The predicted molar refractivity (Wildman–Crippen MR) is 94.8 cm³/mol. The van der Waals surface area contributed by atoms with Gasteiger partial charge in [-0.15, -0.1) is 0 Å². The van der Waals surface area contributed by atoms with Crippen LogP contribution >= 0.6 is 0 Å². The van der Waals surface area contributed by atoms with E-state index in [4.69, 9.17) is 0 Å². The molecule has 1 heterocycles. The number of nitrogens with one attached hydrogen (secondary N) is 1. The molecule has 1 aromatic rings. The molecule has 3 nitrogen and oxygen atoms in total. The van der Waals surface area contributed by atoms with Gasteiger partial charge in [-0.1, -0.05) is 31.0 Å². The molecule has 26 heavy (non-hydrogen) atoms. The van der Waals surface area contributed by atoms with Crippen LogP contribution in [0.5, 0.6) is 0 Å². The van der Waals surface area contributed by atoms with Crippen LogP contribution in [0.3, 0.4) is 0 Å². The summed E-state index contributed by atoms with van der Waals surface area (Å²) >= 11 is 0. The van der Waals surface area contributed by atoms with Gasteiger partial charge in [0.2, 0.25) is 5.91 Å². The molecule has 1 saturated heterocycles. The lowest BCUT2D eigenvalue weighted by Crippen LogP contribution is -2.31. The van der Waals surface area contributed by atoms with E-state index in [2.05, 4.69) is 10.2 Å². The van der Waals surface area contributed by atoms with E-state index >= 15 is 0 Å². The van der Waals surface area contributed by atoms with E-state index in [1.807, 2.05) is 0 Å². The third kappa shape index (κ3) is 5.00. The summed E-state index contributed by atoms with van der Waals surface area (Å²) in [6.45, 7) is 3.84. The van der Waals surface area contributed by atoms with Crippen molar-refractivity contribution in [3.8, 4) is 0 Å². The van der Waals surface area contributed by atoms with Crippen LogP contribution in [0.2, 0.25) is 0 Å². The van der Waals surface area contributed by atoms with E-state index in [1.54, 1.807) is 6.07 Å². The van der Waals surface area contributed by atoms with Crippen LogP contribution in [0.25, 0.3) is 0 Å². The standard InChI is InChI=1S/C20H27F3N2O/c21-20(22,23)18-9-4-3-8-15(18)16-14-17(16)19(26)24-10-7-13-25-11-5-1-2-6-12-25/h3-4,8-9,16-17H,1-2,5-7,10-14H2,(H,24,26). The van der Waals surface area contributed by atoms with Crippen LogP contribution in [0.1, 0.15) is 55.6 Å². The molecule has 0 spiro atoms. The van der Waals surface area contributed by atoms with Crippen molar-refractivity contribution >= 4 is 5.91 Å². The summed E-state index contributed by atoms with van der Waals surface area (Å²) in [5, 5.41) is 2.91. The van der Waals surface area contributed by atoms with Gasteiger partial charge in [-0.25, -0.2) is 0 Å². The lowest BCUT2D eigenvalue weighted by molar-refractivity contribution is -0.138. The Morgan fingerprint density at radius 3 is 2.50 bits per heavy atom. The third-order valence-corrected chi connectivity index (χ3v) is 5.44. The summed E-state index contributed by atoms with van der Waals surface area (Å²) in [4.78, 5) is 14.7. The number of benzene rings is 1. The summed E-state index contributed by atoms with van der Waals surface area (Å²) in [6.07, 6.45) is 2.12. The van der Waals surface area contributed by atoms with E-state index < -0.39 is 11.7 Å². The molecule has 2 fully saturated rings. The second kappa shape index (κ2) is 8.42. The first-order valence-corrected chi connectivity index (χ1v) is 9.63. The number of likely N-dealkylation sites (tertiary alicyclic amines) is 1. The van der Waals surface area contributed by atoms with Crippen LogP contribution in [-0.2, 0) is 11.0 Å². The average molecular weight is 368 g/mol. The molecule has 2 unspecified atom stereocenters. The van der Waals surface area contributed by atoms with Gasteiger partial charge in [0.15, 0.2) is 0 Å². The van der Waals surface area contributed by atoms with Gasteiger partial charge in [0.25, 0.3) is 0 Å². The molecule has 2 aliphatic rings. The number of hydrogen-bond acceptors (Lipinski definition) is 2. The Bertz CT molecular complexity index is 609. The zero-order chi connectivity index (χ0) is 18.6. The summed E-state index contributed by atoms with van der Waals surface area (Å²) in [5.74, 6) is -0.738. The highest BCUT2D eigenvalue weighted by Gasteiger charge is 2.47. The summed E-state index contributed by atoms with van der Waals surface area (Å²) in [7, 11) is 0. The van der Waals surface area contributed by atoms with Crippen molar-refractivity contribution in [3.63, 3.8) is 0 Å². The van der Waals surface area contributed by atoms with Crippen molar-refractivity contribution in [2.75, 3.05) is 26.2 Å². The molecule has 0 bridgehead atoms. The van der Waals surface area contributed by atoms with Crippen LogP contribution in [-0.4, -0.2) is 37.0 Å². The van der Waals surface area contributed by atoms with E-state index in [9.17, 15) is 18.0 Å². The number of amides is 1. The smallest absolute Gasteiger partial charge is 0.356 e. The highest BCUT2D eigenvalue weighted by atomic mass is 19.4. The lowest BCUT2D eigenvalue weighted by atomic mass is 10.0. The van der Waals surface area contributed by atoms with Gasteiger partial charge >= 0.3 is 6.18 Å². The fraction of sp³-hybridized carbons (Fsp3) is 0.650. The van der Waals surface area contributed by atoms with Gasteiger partial charge < -0.3 is 10.2 Å². The molecule has 1 aromatic carbocycles. The number of carbonyl (C=O) groups is 1. The predicted octanol–water partition coefficient (Wildman–Crippen LogP) is 4.19. The number of rotatable bonds is 6. The first-order chi connectivity index (χ1) is 12.5. The molecule has 3 rings (SSSR count). The Balaban J connectivity index is 1.43. The minimum Gasteiger partial charge on any atom is -0.356 e. The molecule has 1 aliphatic carbocycles. The maximum atomic E-state index is 13.1. The maximum absolute atomic E-state index is 13.1. The van der Waals surface area contributed by atoms with Crippen LogP contribution in [0.4, 0.5) is 13.2 Å². The van der Waals surface area contributed by atoms with Crippen molar-refractivity contribution in [2.24, 2.45) is 5.92 Å². The second-order valence-corrected chi connectivity index (χ2v) is 7.43. The fourth-order valence-corrected chi connectivity index (χ4v) is 3.91. The summed E-state index contributed by atoms with van der Waals surface area (Å²) in [6, 6.07) is 5.61. The maximum Gasteiger partial charge on any atom is 0.416 e. The highest BCUT2D eigenvalue weighted by Crippen LogP contribution is 2.50. The van der Waals surface area contributed by atoms with Crippen LogP contribution in [0, 0.1) is 5.92 Å². The van der Waals surface area contributed by atoms with Crippen molar-refractivity contribution < 1.29 is 18.0 Å². The molecular weight excluding hydrogens is 341 g/mol. The zero-order valence-electron chi connectivity index (χ0n) is 15.0. The Morgan fingerprint density at radius 1 is 1.12 bits per heavy atom. The van der Waals surface area contributed by atoms with Gasteiger partial charge in [-0.2, -0.15) is 13.2 Å². The third-order valence-electron chi connectivity index (χ3n) is 5.44. The largest absolute Gasteiger partial charge is 0.416 e. The van der Waals surface area contributed by atoms with Gasteiger partial charge in [-0.3, -0.25) is 4.79 Å². The quantitative estimate of drug-likeness (QED) is 0.764. The van der Waals surface area contributed by atoms with Gasteiger partial charge in [0, 0.05) is 12.5 Å². The van der Waals surface area contributed by atoms with Crippen molar-refractivity contribution in [3.05, 3.63) is 35.4 Å². The van der Waals surface area contributed by atoms with Gasteiger partial charge in [0.1, 0.15) is 0 Å². The van der Waals surface area contributed by atoms with E-state index in [1.165, 1.54) is 37.8 Å². The molecule has 144 valence electrons. The van der Waals surface area contributed by atoms with E-state index in [0.29, 0.717) is 13.0 Å². The number of carbonyl (C=O) groups excluding carboxylic acids is 1. The zero-order valence-corrected chi connectivity index (χ0v) is 15.0. The van der Waals surface area contributed by atoms with Gasteiger partial charge in [0.05, 0.1) is 5.56 Å². The van der Waals surface area contributed by atoms with Crippen molar-refractivity contribution in [1.82, 2.24) is 10.2 Å². The second-order valence-electron chi connectivity index (χ2n) is 7.43. The van der Waals surface area contributed by atoms with Crippen LogP contribution < -0.4 is 5.32 Å². The molecule has 6 heteroatoms. The van der Waals surface area contributed by atoms with Crippen molar-refractivity contribution in [2.45, 2.75) is 50.6 Å². The summed E-state index contributed by atoms with van der Waals surface area (Å²) < 4.78 is 39.3. The Labute approximate surface area is 152 Å². The fourth-order valence-electron chi connectivity index (χ4n) is 3.91. The van der Waals surface area contributed by atoms with Crippen LogP contribution in [0.15, 0.2) is 24.3 Å². The topological polar surface area (TPSA) is 32.3 Å². The molecular formula is C20H27F3N2O. The minimum absolute atomic E-state index is 0.108. The molecule has 1 aliphatic heterocycles. The monoisotopic (exact) mass is 368 g/mol. The number of hydrogen-bond donors (Lipinski definition) is 1. The Morgan fingerprint density at radius 2 is 1.81 bits per heavy atom. The summed E-state index contributed by atoms with van der Waals surface area (Å²) in [5.41, 5.74) is -0.355. The minimum atomic E-state index is -4.37. The Hall–Kier alpha value is -1.56. The molecule has 1 saturated carbocycles. The number of halogens is 3. The van der Waals surface area contributed by atoms with E-state index in [0.717, 1.165) is 32.1 Å². The Kier molecular flexibility index (Phi) is 6.22. The normalized spacial score (nSPS) is 24.1. The molecule has 0 aromatic heterocycles. The average Bonchev–Trinajstić information content (AvgIpc) is 3.42. The SMILES string of the molecule is O=C(NCCCN1CCCCCC1)C1CC1c1ccccc1C(F)(F)F. The van der Waals surface area contributed by atoms with Crippen molar-refractivity contribution in [1.29, 1.82) is 0 Å². The first-order valence-electron chi connectivity index (χ1n) is 9.63. The molecule has 0 radical (unpaired) electrons.